The van der Waals surface area contributed by atoms with Crippen LogP contribution in [0, 0.1) is 0 Å². The van der Waals surface area contributed by atoms with Crippen LogP contribution < -0.4 is 15.4 Å². The lowest BCUT2D eigenvalue weighted by Gasteiger charge is -2.14. The molecule has 9 heteroatoms. The molecule has 0 saturated carbocycles. The number of sulfonamides is 1. The van der Waals surface area contributed by atoms with Crippen LogP contribution in [0.5, 0.6) is 0 Å². The summed E-state index contributed by atoms with van der Waals surface area (Å²) in [5, 5.41) is 5.38. The van der Waals surface area contributed by atoms with Gasteiger partial charge in [-0.3, -0.25) is 4.79 Å². The minimum atomic E-state index is -3.67. The molecule has 3 N–H and O–H groups in total. The number of rotatable bonds is 8. The molecule has 1 aliphatic heterocycles. The summed E-state index contributed by atoms with van der Waals surface area (Å²) in [4.78, 5) is 24.8. The maximum Gasteiger partial charge on any atom is 0.317 e. The number of carbonyl (C=O) groups excluding carboxylic acids is 2. The molecular formula is C15H22N4O4S. The van der Waals surface area contributed by atoms with Crippen LogP contribution in [0.25, 0.3) is 0 Å². The van der Waals surface area contributed by atoms with Gasteiger partial charge in [-0.05, 0) is 30.7 Å². The highest BCUT2D eigenvalue weighted by Gasteiger charge is 2.20. The summed E-state index contributed by atoms with van der Waals surface area (Å²) in [6.07, 6.45) is 0.831. The van der Waals surface area contributed by atoms with Gasteiger partial charge in [0.25, 0.3) is 5.91 Å². The Hall–Kier alpha value is -2.13. The maximum absolute atomic E-state index is 12.2. The van der Waals surface area contributed by atoms with Crippen molar-refractivity contribution in [1.29, 1.82) is 0 Å². The molecular weight excluding hydrogens is 332 g/mol. The molecule has 1 aliphatic rings. The lowest BCUT2D eigenvalue weighted by Crippen LogP contribution is -2.36. The van der Waals surface area contributed by atoms with Crippen molar-refractivity contribution in [2.24, 2.45) is 0 Å². The highest BCUT2D eigenvalue weighted by Crippen LogP contribution is 2.10. The topological polar surface area (TPSA) is 108 Å². The second-order valence-electron chi connectivity index (χ2n) is 5.40. The van der Waals surface area contributed by atoms with Crippen LogP contribution >= 0.6 is 0 Å². The third-order valence-corrected chi connectivity index (χ3v) is 5.06. The zero-order valence-corrected chi connectivity index (χ0v) is 14.4. The molecule has 0 radical (unpaired) electrons. The van der Waals surface area contributed by atoms with Crippen LogP contribution in [0.4, 0.5) is 4.79 Å². The number of benzene rings is 1. The van der Waals surface area contributed by atoms with Crippen molar-refractivity contribution in [3.05, 3.63) is 29.8 Å². The molecule has 0 spiro atoms. The smallest absolute Gasteiger partial charge is 0.317 e. The molecule has 1 heterocycles. The Morgan fingerprint density at radius 1 is 1.25 bits per heavy atom. The van der Waals surface area contributed by atoms with E-state index < -0.39 is 10.0 Å². The molecule has 0 aliphatic carbocycles. The van der Waals surface area contributed by atoms with E-state index in [1.54, 1.807) is 4.90 Å². The number of urea groups is 1. The Kier molecular flexibility index (Phi) is 6.16. The molecule has 1 fully saturated rings. The van der Waals surface area contributed by atoms with Gasteiger partial charge in [-0.25, -0.2) is 17.9 Å². The molecule has 1 saturated heterocycles. The monoisotopic (exact) mass is 354 g/mol. The molecule has 132 valence electrons. The molecule has 0 aromatic heterocycles. The second kappa shape index (κ2) is 8.11. The molecule has 8 nitrogen and oxygen atoms in total. The number of carbonyl (C=O) groups is 2. The number of hydrogen-bond acceptors (Lipinski definition) is 4. The first-order valence-electron chi connectivity index (χ1n) is 7.85. The van der Waals surface area contributed by atoms with Crippen LogP contribution in [0.15, 0.2) is 29.2 Å². The van der Waals surface area contributed by atoms with Crippen molar-refractivity contribution < 1.29 is 18.0 Å². The van der Waals surface area contributed by atoms with E-state index in [1.807, 2.05) is 6.92 Å². The van der Waals surface area contributed by atoms with Gasteiger partial charge in [0.2, 0.25) is 10.0 Å². The predicted molar refractivity (Wildman–Crippen MR) is 89.2 cm³/mol. The van der Waals surface area contributed by atoms with Crippen LogP contribution in [-0.4, -0.2) is 58.0 Å². The third-order valence-electron chi connectivity index (χ3n) is 3.58. The molecule has 0 unspecified atom stereocenters. The Morgan fingerprint density at radius 3 is 2.54 bits per heavy atom. The van der Waals surface area contributed by atoms with E-state index in [-0.39, 0.29) is 23.4 Å². The van der Waals surface area contributed by atoms with E-state index >= 15 is 0 Å². The minimum Gasteiger partial charge on any atom is -0.352 e. The standard InChI is InChI=1S/C15H22N4O4S/c1-2-7-16-14(20)12-3-5-13(6-4-12)24(22,23)18-9-11-19-10-8-17-15(19)21/h3-6,18H,2,7-11H2,1H3,(H,16,20)(H,17,21). The highest BCUT2D eigenvalue weighted by molar-refractivity contribution is 7.89. The maximum atomic E-state index is 12.2. The Balaban J connectivity index is 1.91. The molecule has 3 amide bonds. The van der Waals surface area contributed by atoms with Gasteiger partial charge < -0.3 is 15.5 Å². The molecule has 24 heavy (non-hydrogen) atoms. The molecule has 0 atom stereocenters. The average molecular weight is 354 g/mol. The van der Waals surface area contributed by atoms with Gasteiger partial charge in [0.05, 0.1) is 4.90 Å². The van der Waals surface area contributed by atoms with Gasteiger partial charge in [0.1, 0.15) is 0 Å². The highest BCUT2D eigenvalue weighted by atomic mass is 32.2. The fourth-order valence-electron chi connectivity index (χ4n) is 2.25. The Morgan fingerprint density at radius 2 is 1.96 bits per heavy atom. The van der Waals surface area contributed by atoms with Crippen molar-refractivity contribution in [2.75, 3.05) is 32.7 Å². The predicted octanol–water partition coefficient (Wildman–Crippen LogP) is 0.130. The zero-order valence-electron chi connectivity index (χ0n) is 13.5. The second-order valence-corrected chi connectivity index (χ2v) is 7.16. The third kappa shape index (κ3) is 4.68. The number of amides is 3. The fourth-order valence-corrected chi connectivity index (χ4v) is 3.27. The lowest BCUT2D eigenvalue weighted by atomic mass is 10.2. The lowest BCUT2D eigenvalue weighted by molar-refractivity contribution is 0.0953. The van der Waals surface area contributed by atoms with E-state index in [4.69, 9.17) is 0 Å². The fraction of sp³-hybridized carbons (Fsp3) is 0.467. The molecule has 1 aromatic rings. The molecule has 2 rings (SSSR count). The van der Waals surface area contributed by atoms with Crippen molar-refractivity contribution in [2.45, 2.75) is 18.2 Å². The number of nitrogens with one attached hydrogen (secondary N) is 3. The largest absolute Gasteiger partial charge is 0.352 e. The zero-order chi connectivity index (χ0) is 17.6. The van der Waals surface area contributed by atoms with E-state index in [0.29, 0.717) is 31.7 Å². The van der Waals surface area contributed by atoms with Gasteiger partial charge in [0.15, 0.2) is 0 Å². The summed E-state index contributed by atoms with van der Waals surface area (Å²) in [5.74, 6) is -0.228. The van der Waals surface area contributed by atoms with Crippen LogP contribution in [-0.2, 0) is 10.0 Å². The van der Waals surface area contributed by atoms with Crippen LogP contribution in [0.2, 0.25) is 0 Å². The van der Waals surface area contributed by atoms with Gasteiger partial charge in [0, 0.05) is 38.3 Å². The SMILES string of the molecule is CCCNC(=O)c1ccc(S(=O)(=O)NCCN2CCNC2=O)cc1. The minimum absolute atomic E-state index is 0.0837. The normalized spacial score (nSPS) is 14.5. The van der Waals surface area contributed by atoms with Crippen molar-refractivity contribution in [3.63, 3.8) is 0 Å². The van der Waals surface area contributed by atoms with Crippen LogP contribution in [0.3, 0.4) is 0 Å². The Bertz CT molecular complexity index is 688. The first kappa shape index (κ1) is 18.2. The van der Waals surface area contributed by atoms with Crippen molar-refractivity contribution in [1.82, 2.24) is 20.3 Å². The van der Waals surface area contributed by atoms with Crippen molar-refractivity contribution >= 4 is 22.0 Å². The Labute approximate surface area is 141 Å². The van der Waals surface area contributed by atoms with Gasteiger partial charge in [-0.2, -0.15) is 0 Å². The average Bonchev–Trinajstić information content (AvgIpc) is 2.98. The van der Waals surface area contributed by atoms with E-state index in [0.717, 1.165) is 6.42 Å². The van der Waals surface area contributed by atoms with E-state index in [9.17, 15) is 18.0 Å². The van der Waals surface area contributed by atoms with Gasteiger partial charge >= 0.3 is 6.03 Å². The van der Waals surface area contributed by atoms with E-state index in [2.05, 4.69) is 15.4 Å². The number of nitrogens with zero attached hydrogens (tertiary/aromatic N) is 1. The summed E-state index contributed by atoms with van der Waals surface area (Å²) >= 11 is 0. The number of hydrogen-bond donors (Lipinski definition) is 3. The first-order chi connectivity index (χ1) is 11.4. The van der Waals surface area contributed by atoms with Crippen molar-refractivity contribution in [3.8, 4) is 0 Å². The molecule has 1 aromatic carbocycles. The summed E-state index contributed by atoms with van der Waals surface area (Å²) < 4.78 is 26.9. The van der Waals surface area contributed by atoms with Gasteiger partial charge in [-0.1, -0.05) is 6.92 Å². The quantitative estimate of drug-likeness (QED) is 0.617. The summed E-state index contributed by atoms with van der Waals surface area (Å²) in [6.45, 7) is 4.12. The van der Waals surface area contributed by atoms with Crippen LogP contribution in [0.1, 0.15) is 23.7 Å². The van der Waals surface area contributed by atoms with E-state index in [1.165, 1.54) is 24.3 Å². The summed E-state index contributed by atoms with van der Waals surface area (Å²) in [5.41, 5.74) is 0.413. The summed E-state index contributed by atoms with van der Waals surface area (Å²) in [7, 11) is -3.67. The first-order valence-corrected chi connectivity index (χ1v) is 9.33. The summed E-state index contributed by atoms with van der Waals surface area (Å²) in [6, 6.07) is 5.56. The van der Waals surface area contributed by atoms with Gasteiger partial charge in [-0.15, -0.1) is 0 Å². The molecule has 0 bridgehead atoms.